The molecule has 0 aliphatic rings. The molecule has 19 heavy (non-hydrogen) atoms. The van der Waals surface area contributed by atoms with Crippen LogP contribution in [-0.2, 0) is 25.8 Å². The Balaban J connectivity index is 2.02. The molecule has 0 amide bonds. The van der Waals surface area contributed by atoms with E-state index in [2.05, 4.69) is 34.7 Å². The summed E-state index contributed by atoms with van der Waals surface area (Å²) in [6, 6.07) is 6.34. The van der Waals surface area contributed by atoms with Gasteiger partial charge < -0.3 is 5.73 Å². The molecule has 1 atom stereocenters. The Morgan fingerprint density at radius 2 is 1.95 bits per heavy atom. The van der Waals surface area contributed by atoms with Crippen molar-refractivity contribution in [2.45, 2.75) is 45.7 Å². The first kappa shape index (κ1) is 13.7. The molecule has 0 saturated heterocycles. The van der Waals surface area contributed by atoms with Gasteiger partial charge in [0, 0.05) is 37.1 Å². The van der Waals surface area contributed by atoms with Crippen LogP contribution in [0.2, 0.25) is 0 Å². The minimum atomic E-state index is 0.120. The molecule has 102 valence electrons. The van der Waals surface area contributed by atoms with Crippen molar-refractivity contribution in [3.63, 3.8) is 0 Å². The Bertz CT molecular complexity index is 504. The zero-order valence-corrected chi connectivity index (χ0v) is 11.7. The quantitative estimate of drug-likeness (QED) is 0.862. The monoisotopic (exact) mass is 258 g/mol. The summed E-state index contributed by atoms with van der Waals surface area (Å²) >= 11 is 0. The molecule has 0 radical (unpaired) electrons. The third-order valence-corrected chi connectivity index (χ3v) is 3.29. The van der Waals surface area contributed by atoms with Gasteiger partial charge in [-0.3, -0.25) is 9.67 Å². The van der Waals surface area contributed by atoms with Crippen molar-refractivity contribution < 1.29 is 0 Å². The lowest BCUT2D eigenvalue weighted by Gasteiger charge is -2.12. The minimum absolute atomic E-state index is 0.120. The number of pyridine rings is 1. The summed E-state index contributed by atoms with van der Waals surface area (Å²) in [5, 5.41) is 4.56. The van der Waals surface area contributed by atoms with E-state index < -0.39 is 0 Å². The van der Waals surface area contributed by atoms with Crippen molar-refractivity contribution >= 4 is 0 Å². The highest BCUT2D eigenvalue weighted by Gasteiger charge is 2.11. The van der Waals surface area contributed by atoms with Crippen LogP contribution in [0.15, 0.2) is 30.6 Å². The molecular formula is C15H22N4. The van der Waals surface area contributed by atoms with Gasteiger partial charge in [0.2, 0.25) is 0 Å². The third kappa shape index (κ3) is 3.64. The smallest absolute Gasteiger partial charge is 0.0624 e. The average Bonchev–Trinajstić information content (AvgIpc) is 2.82. The van der Waals surface area contributed by atoms with Crippen LogP contribution in [-0.4, -0.2) is 20.8 Å². The summed E-state index contributed by atoms with van der Waals surface area (Å²) in [4.78, 5) is 4.02. The third-order valence-electron chi connectivity index (χ3n) is 3.29. The van der Waals surface area contributed by atoms with Gasteiger partial charge >= 0.3 is 0 Å². The van der Waals surface area contributed by atoms with Crippen LogP contribution in [0, 0.1) is 0 Å². The first-order valence-corrected chi connectivity index (χ1v) is 6.93. The van der Waals surface area contributed by atoms with E-state index in [4.69, 9.17) is 5.73 Å². The summed E-state index contributed by atoms with van der Waals surface area (Å²) in [5.74, 6) is 0. The highest BCUT2D eigenvalue weighted by molar-refractivity contribution is 5.15. The van der Waals surface area contributed by atoms with Crippen LogP contribution in [0.5, 0.6) is 0 Å². The van der Waals surface area contributed by atoms with Gasteiger partial charge in [-0.2, -0.15) is 5.10 Å². The molecule has 0 bridgehead atoms. The lowest BCUT2D eigenvalue weighted by molar-refractivity contribution is 0.573. The summed E-state index contributed by atoms with van der Waals surface area (Å²) < 4.78 is 2.06. The molecule has 2 heterocycles. The lowest BCUT2D eigenvalue weighted by Crippen LogP contribution is -2.26. The van der Waals surface area contributed by atoms with Gasteiger partial charge in [-0.25, -0.2) is 0 Å². The molecule has 0 spiro atoms. The van der Waals surface area contributed by atoms with Gasteiger partial charge in [0.25, 0.3) is 0 Å². The molecule has 2 rings (SSSR count). The van der Waals surface area contributed by atoms with Crippen LogP contribution in [0.25, 0.3) is 0 Å². The molecule has 0 saturated carbocycles. The zero-order chi connectivity index (χ0) is 13.7. The zero-order valence-electron chi connectivity index (χ0n) is 11.7. The van der Waals surface area contributed by atoms with E-state index in [1.165, 1.54) is 11.3 Å². The number of nitrogens with two attached hydrogens (primary N) is 1. The highest BCUT2D eigenvalue weighted by Crippen LogP contribution is 2.10. The second-order valence-electron chi connectivity index (χ2n) is 4.82. The summed E-state index contributed by atoms with van der Waals surface area (Å²) in [6.07, 6.45) is 6.34. The maximum atomic E-state index is 6.25. The number of aromatic nitrogens is 3. The standard InChI is InChI=1S/C15H22N4/c1-3-14-11-15(19(4-2)18-14)10-13(16)9-12-5-7-17-8-6-12/h5-8,11,13H,3-4,9-10,16H2,1-2H3. The van der Waals surface area contributed by atoms with E-state index in [0.717, 1.165) is 31.5 Å². The number of hydrogen-bond donors (Lipinski definition) is 1. The van der Waals surface area contributed by atoms with E-state index >= 15 is 0 Å². The number of rotatable bonds is 6. The van der Waals surface area contributed by atoms with Crippen molar-refractivity contribution in [2.75, 3.05) is 0 Å². The topological polar surface area (TPSA) is 56.7 Å². The van der Waals surface area contributed by atoms with Gasteiger partial charge in [-0.05, 0) is 43.5 Å². The maximum Gasteiger partial charge on any atom is 0.0624 e. The van der Waals surface area contributed by atoms with Crippen LogP contribution >= 0.6 is 0 Å². The van der Waals surface area contributed by atoms with Crippen molar-refractivity contribution in [3.05, 3.63) is 47.5 Å². The first-order valence-electron chi connectivity index (χ1n) is 6.93. The van der Waals surface area contributed by atoms with E-state index in [-0.39, 0.29) is 6.04 Å². The molecular weight excluding hydrogens is 236 g/mol. The highest BCUT2D eigenvalue weighted by atomic mass is 15.3. The summed E-state index contributed by atoms with van der Waals surface area (Å²) in [6.45, 7) is 5.14. The Labute approximate surface area is 114 Å². The predicted molar refractivity (Wildman–Crippen MR) is 76.9 cm³/mol. The molecule has 4 heteroatoms. The average molecular weight is 258 g/mol. The normalized spacial score (nSPS) is 12.6. The molecule has 0 aliphatic carbocycles. The predicted octanol–water partition coefficient (Wildman–Crippen LogP) is 1.97. The largest absolute Gasteiger partial charge is 0.327 e. The fourth-order valence-corrected chi connectivity index (χ4v) is 2.29. The molecule has 1 unspecified atom stereocenters. The number of hydrogen-bond acceptors (Lipinski definition) is 3. The van der Waals surface area contributed by atoms with E-state index in [1.54, 1.807) is 0 Å². The van der Waals surface area contributed by atoms with Gasteiger partial charge in [0.05, 0.1) is 5.69 Å². The maximum absolute atomic E-state index is 6.25. The van der Waals surface area contributed by atoms with Gasteiger partial charge in [-0.15, -0.1) is 0 Å². The molecule has 0 aliphatic heterocycles. The molecule has 2 aromatic heterocycles. The SMILES string of the molecule is CCc1cc(CC(N)Cc2ccncc2)n(CC)n1. The van der Waals surface area contributed by atoms with E-state index in [9.17, 15) is 0 Å². The van der Waals surface area contributed by atoms with Gasteiger partial charge in [0.1, 0.15) is 0 Å². The molecule has 2 aromatic rings. The summed E-state index contributed by atoms with van der Waals surface area (Å²) in [5.41, 5.74) is 9.87. The van der Waals surface area contributed by atoms with Crippen molar-refractivity contribution in [1.29, 1.82) is 0 Å². The van der Waals surface area contributed by atoms with Crippen molar-refractivity contribution in [1.82, 2.24) is 14.8 Å². The fraction of sp³-hybridized carbons (Fsp3) is 0.467. The van der Waals surface area contributed by atoms with Crippen LogP contribution < -0.4 is 5.73 Å². The number of aryl methyl sites for hydroxylation is 2. The van der Waals surface area contributed by atoms with Gasteiger partial charge in [0.15, 0.2) is 0 Å². The van der Waals surface area contributed by atoms with Crippen LogP contribution in [0.1, 0.15) is 30.8 Å². The van der Waals surface area contributed by atoms with E-state index in [0.29, 0.717) is 0 Å². The van der Waals surface area contributed by atoms with Crippen molar-refractivity contribution in [2.24, 2.45) is 5.73 Å². The Morgan fingerprint density at radius 3 is 2.58 bits per heavy atom. The Kier molecular flexibility index (Phi) is 4.68. The summed E-state index contributed by atoms with van der Waals surface area (Å²) in [7, 11) is 0. The minimum Gasteiger partial charge on any atom is -0.327 e. The molecule has 4 nitrogen and oxygen atoms in total. The number of nitrogens with zero attached hydrogens (tertiary/aromatic N) is 3. The van der Waals surface area contributed by atoms with Crippen molar-refractivity contribution in [3.8, 4) is 0 Å². The van der Waals surface area contributed by atoms with Crippen LogP contribution in [0.3, 0.4) is 0 Å². The second kappa shape index (κ2) is 6.48. The molecule has 0 fully saturated rings. The van der Waals surface area contributed by atoms with Crippen LogP contribution in [0.4, 0.5) is 0 Å². The lowest BCUT2D eigenvalue weighted by atomic mass is 10.0. The Morgan fingerprint density at radius 1 is 1.21 bits per heavy atom. The Hall–Kier alpha value is -1.68. The fourth-order valence-electron chi connectivity index (χ4n) is 2.29. The molecule has 2 N–H and O–H groups in total. The van der Waals surface area contributed by atoms with Gasteiger partial charge in [-0.1, -0.05) is 6.92 Å². The molecule has 0 aromatic carbocycles. The second-order valence-corrected chi connectivity index (χ2v) is 4.82. The van der Waals surface area contributed by atoms with E-state index in [1.807, 2.05) is 24.5 Å². The first-order chi connectivity index (χ1) is 9.22.